The average Bonchev–Trinajstić information content (AvgIpc) is 3.18. The van der Waals surface area contributed by atoms with Crippen molar-refractivity contribution in [1.29, 1.82) is 0 Å². The fourth-order valence-corrected chi connectivity index (χ4v) is 4.02. The lowest BCUT2D eigenvalue weighted by Crippen LogP contribution is -2.49. The average molecular weight is 410 g/mol. The molecular formula is C22H22N2O6. The third-order valence-electron chi connectivity index (χ3n) is 5.43. The molecule has 2 aromatic carbocycles. The van der Waals surface area contributed by atoms with Crippen LogP contribution in [0.2, 0.25) is 0 Å². The fraction of sp³-hybridized carbons (Fsp3) is 0.318. The molecule has 1 N–H and O–H groups in total. The van der Waals surface area contributed by atoms with Gasteiger partial charge in [-0.05, 0) is 24.3 Å². The Bertz CT molecular complexity index is 991. The monoisotopic (exact) mass is 410 g/mol. The van der Waals surface area contributed by atoms with Crippen molar-refractivity contribution in [3.8, 4) is 5.75 Å². The third-order valence-corrected chi connectivity index (χ3v) is 5.43. The van der Waals surface area contributed by atoms with Crippen LogP contribution in [-0.4, -0.2) is 66.7 Å². The number of rotatable bonds is 5. The van der Waals surface area contributed by atoms with Crippen molar-refractivity contribution in [3.05, 3.63) is 59.7 Å². The smallest absolute Gasteiger partial charge is 0.336 e. The van der Waals surface area contributed by atoms with Crippen LogP contribution < -0.4 is 9.64 Å². The maximum absolute atomic E-state index is 13.5. The van der Waals surface area contributed by atoms with Gasteiger partial charge in [0.25, 0.3) is 5.91 Å². The zero-order valence-corrected chi connectivity index (χ0v) is 16.5. The fourth-order valence-electron chi connectivity index (χ4n) is 4.02. The summed E-state index contributed by atoms with van der Waals surface area (Å²) in [5, 5.41) is 9.46. The molecular weight excluding hydrogens is 388 g/mol. The molecule has 0 radical (unpaired) electrons. The quantitative estimate of drug-likeness (QED) is 0.810. The first kappa shape index (κ1) is 19.9. The number of carbonyl (C=O) groups is 3. The van der Waals surface area contributed by atoms with Crippen molar-refractivity contribution in [2.24, 2.45) is 0 Å². The van der Waals surface area contributed by atoms with Crippen molar-refractivity contribution in [2.45, 2.75) is 18.6 Å². The highest BCUT2D eigenvalue weighted by molar-refractivity contribution is 6.08. The molecule has 2 bridgehead atoms. The van der Waals surface area contributed by atoms with E-state index in [1.165, 1.54) is 17.0 Å². The summed E-state index contributed by atoms with van der Waals surface area (Å²) in [6, 6.07) is 12.5. The highest BCUT2D eigenvalue weighted by Crippen LogP contribution is 2.36. The Kier molecular flexibility index (Phi) is 5.41. The number of hydrogen-bond acceptors (Lipinski definition) is 5. The van der Waals surface area contributed by atoms with Crippen LogP contribution in [0, 0.1) is 0 Å². The Hall–Kier alpha value is -3.39. The second-order valence-electron chi connectivity index (χ2n) is 7.25. The molecule has 30 heavy (non-hydrogen) atoms. The zero-order valence-electron chi connectivity index (χ0n) is 16.5. The number of anilines is 1. The van der Waals surface area contributed by atoms with E-state index in [9.17, 15) is 19.5 Å². The minimum atomic E-state index is -1.19. The van der Waals surface area contributed by atoms with Crippen LogP contribution in [0.1, 0.15) is 27.1 Å². The zero-order chi connectivity index (χ0) is 21.3. The van der Waals surface area contributed by atoms with Gasteiger partial charge in [0.15, 0.2) is 0 Å². The number of fused-ring (bicyclic) bond motifs is 3. The highest BCUT2D eigenvalue weighted by Gasteiger charge is 2.45. The normalized spacial score (nSPS) is 20.2. The van der Waals surface area contributed by atoms with Gasteiger partial charge in [-0.2, -0.15) is 0 Å². The summed E-state index contributed by atoms with van der Waals surface area (Å²) >= 11 is 0. The first-order valence-electron chi connectivity index (χ1n) is 9.70. The molecule has 2 aliphatic heterocycles. The lowest BCUT2D eigenvalue weighted by molar-refractivity contribution is -0.122. The molecule has 0 spiro atoms. The molecule has 0 aromatic heterocycles. The number of para-hydroxylation sites is 2. The number of carbonyl (C=O) groups excluding carboxylic acids is 2. The molecule has 0 aliphatic carbocycles. The van der Waals surface area contributed by atoms with Gasteiger partial charge in [0, 0.05) is 20.1 Å². The van der Waals surface area contributed by atoms with E-state index < -0.39 is 17.9 Å². The Morgan fingerprint density at radius 3 is 2.57 bits per heavy atom. The molecule has 2 amide bonds. The van der Waals surface area contributed by atoms with Gasteiger partial charge in [0.05, 0.1) is 30.0 Å². The summed E-state index contributed by atoms with van der Waals surface area (Å²) in [6.45, 7) is 0.840. The van der Waals surface area contributed by atoms with Gasteiger partial charge < -0.3 is 24.4 Å². The molecule has 2 aliphatic rings. The van der Waals surface area contributed by atoms with Crippen LogP contribution in [0.5, 0.6) is 5.75 Å². The van der Waals surface area contributed by atoms with Gasteiger partial charge in [-0.1, -0.05) is 24.3 Å². The van der Waals surface area contributed by atoms with E-state index in [0.29, 0.717) is 31.0 Å². The number of methoxy groups -OCH3 is 1. The molecule has 2 aromatic rings. The minimum Gasteiger partial charge on any atom is -0.486 e. The van der Waals surface area contributed by atoms with Crippen molar-refractivity contribution in [2.75, 3.05) is 31.7 Å². The number of carboxylic acid groups (broad SMARTS) is 1. The third kappa shape index (κ3) is 3.50. The van der Waals surface area contributed by atoms with Gasteiger partial charge in [0.2, 0.25) is 5.91 Å². The van der Waals surface area contributed by atoms with Crippen LogP contribution in [-0.2, 0) is 9.53 Å². The summed E-state index contributed by atoms with van der Waals surface area (Å²) in [5.74, 6) is -1.33. The van der Waals surface area contributed by atoms with E-state index in [1.807, 2.05) is 12.1 Å². The summed E-state index contributed by atoms with van der Waals surface area (Å²) < 4.78 is 11.3. The largest absolute Gasteiger partial charge is 0.486 e. The summed E-state index contributed by atoms with van der Waals surface area (Å²) in [7, 11) is 1.56. The van der Waals surface area contributed by atoms with E-state index in [-0.39, 0.29) is 29.7 Å². The molecule has 0 saturated carbocycles. The molecule has 1 saturated heterocycles. The van der Waals surface area contributed by atoms with Gasteiger partial charge in [-0.3, -0.25) is 9.59 Å². The van der Waals surface area contributed by atoms with Crippen LogP contribution >= 0.6 is 0 Å². The molecule has 2 unspecified atom stereocenters. The van der Waals surface area contributed by atoms with Crippen molar-refractivity contribution in [1.82, 2.24) is 4.90 Å². The second kappa shape index (κ2) is 8.16. The summed E-state index contributed by atoms with van der Waals surface area (Å²) in [4.78, 5) is 41.4. The van der Waals surface area contributed by atoms with E-state index in [2.05, 4.69) is 0 Å². The molecule has 1 fully saturated rings. The van der Waals surface area contributed by atoms with Gasteiger partial charge in [0.1, 0.15) is 17.9 Å². The van der Waals surface area contributed by atoms with Crippen molar-refractivity contribution in [3.63, 3.8) is 0 Å². The van der Waals surface area contributed by atoms with Crippen molar-refractivity contribution >= 4 is 23.5 Å². The number of aromatic carboxylic acids is 1. The predicted octanol–water partition coefficient (Wildman–Crippen LogP) is 2.04. The van der Waals surface area contributed by atoms with Crippen LogP contribution in [0.4, 0.5) is 5.69 Å². The maximum atomic E-state index is 13.5. The minimum absolute atomic E-state index is 0.0589. The number of ether oxygens (including phenoxy) is 2. The Labute approximate surface area is 173 Å². The summed E-state index contributed by atoms with van der Waals surface area (Å²) in [5.41, 5.74) is 0.602. The number of hydrogen-bond donors (Lipinski definition) is 1. The number of likely N-dealkylation sites (tertiary alicyclic amines) is 1. The standard InChI is InChI=1S/C22H22N2O6/c1-29-11-10-23-17-8-4-5-9-19(17)30-14-12-18(21(23)26)24(13-14)20(25)15-6-2-3-7-16(15)22(27)28/h2-9,14,18H,10-13H2,1H3,(H,27,28). The van der Waals surface area contributed by atoms with Crippen LogP contribution in [0.3, 0.4) is 0 Å². The van der Waals surface area contributed by atoms with Crippen LogP contribution in [0.15, 0.2) is 48.5 Å². The van der Waals surface area contributed by atoms with E-state index in [0.717, 1.165) is 0 Å². The lowest BCUT2D eigenvalue weighted by atomic mass is 10.1. The molecule has 2 atom stereocenters. The van der Waals surface area contributed by atoms with E-state index >= 15 is 0 Å². The Morgan fingerprint density at radius 1 is 1.13 bits per heavy atom. The number of benzene rings is 2. The molecule has 4 rings (SSSR count). The SMILES string of the molecule is COCCN1C(=O)C2CC(CN2C(=O)c2ccccc2C(=O)O)Oc2ccccc21. The van der Waals surface area contributed by atoms with Gasteiger partial charge in [-0.25, -0.2) is 4.79 Å². The molecule has 2 heterocycles. The maximum Gasteiger partial charge on any atom is 0.336 e. The molecule has 8 nitrogen and oxygen atoms in total. The van der Waals surface area contributed by atoms with Crippen molar-refractivity contribution < 1.29 is 29.0 Å². The molecule has 156 valence electrons. The Morgan fingerprint density at radius 2 is 1.83 bits per heavy atom. The van der Waals surface area contributed by atoms with E-state index in [4.69, 9.17) is 9.47 Å². The lowest BCUT2D eigenvalue weighted by Gasteiger charge is -2.31. The Balaban J connectivity index is 1.71. The highest BCUT2D eigenvalue weighted by atomic mass is 16.5. The first-order chi connectivity index (χ1) is 14.5. The predicted molar refractivity (Wildman–Crippen MR) is 108 cm³/mol. The molecule has 8 heteroatoms. The van der Waals surface area contributed by atoms with Crippen LogP contribution in [0.25, 0.3) is 0 Å². The first-order valence-corrected chi connectivity index (χ1v) is 9.70. The number of carboxylic acids is 1. The number of amides is 2. The van der Waals surface area contributed by atoms with E-state index in [1.54, 1.807) is 36.3 Å². The summed E-state index contributed by atoms with van der Waals surface area (Å²) in [6.07, 6.45) is -0.0110. The van der Waals surface area contributed by atoms with Gasteiger partial charge >= 0.3 is 5.97 Å². The topological polar surface area (TPSA) is 96.4 Å². The second-order valence-corrected chi connectivity index (χ2v) is 7.25. The number of nitrogens with zero attached hydrogens (tertiary/aromatic N) is 2. The van der Waals surface area contributed by atoms with Gasteiger partial charge in [-0.15, -0.1) is 0 Å².